The van der Waals surface area contributed by atoms with E-state index in [1.165, 1.54) is 0 Å². The number of hydrogen-bond donors (Lipinski definition) is 0. The number of Topliss-reactive ketones (excluding diaryl/α,β-unsaturated/α-hetero) is 1. The third-order valence-electron chi connectivity index (χ3n) is 7.92. The molecule has 3 atom stereocenters. The van der Waals surface area contributed by atoms with Crippen molar-refractivity contribution in [3.63, 3.8) is 0 Å². The summed E-state index contributed by atoms with van der Waals surface area (Å²) in [5.74, 6) is 0.684. The zero-order chi connectivity index (χ0) is 23.5. The Hall–Kier alpha value is -1.83. The molecule has 3 unspecified atom stereocenters. The van der Waals surface area contributed by atoms with Gasteiger partial charge in [0.15, 0.2) is 25.6 Å². The normalized spacial score (nSPS) is 28.7. The van der Waals surface area contributed by atoms with Crippen LogP contribution in [0.2, 0.25) is 18.1 Å². The van der Waals surface area contributed by atoms with Crippen LogP contribution in [0.4, 0.5) is 0 Å². The van der Waals surface area contributed by atoms with Gasteiger partial charge in [0.25, 0.3) is 0 Å². The number of benzene rings is 1. The Bertz CT molecular complexity index is 949. The van der Waals surface area contributed by atoms with Crippen LogP contribution in [0, 0.1) is 0 Å². The molecule has 1 saturated carbocycles. The molecule has 4 rings (SSSR count). The standard InChI is InChI=1S/C25H36O6Si/c1-9-12-29-18-13-16-17(26)14-24-11-10-19(31-32(7,8)23(2,3)4)25(15-24,28-6)30-22(20(16)24)21(18)27-5/h9,13,19H,1,10-12,14-15H2,2-8H3. The quantitative estimate of drug-likeness (QED) is 0.401. The molecule has 1 spiro atoms. The summed E-state index contributed by atoms with van der Waals surface area (Å²) in [5.41, 5.74) is 1.30. The Morgan fingerprint density at radius 3 is 2.62 bits per heavy atom. The Balaban J connectivity index is 1.84. The first kappa shape index (κ1) is 23.3. The third-order valence-corrected chi connectivity index (χ3v) is 12.4. The van der Waals surface area contributed by atoms with Gasteiger partial charge < -0.3 is 23.4 Å². The van der Waals surface area contributed by atoms with Crippen LogP contribution in [0.15, 0.2) is 18.7 Å². The Labute approximate surface area is 192 Å². The minimum Gasteiger partial charge on any atom is -0.490 e. The highest BCUT2D eigenvalue weighted by atomic mass is 28.4. The van der Waals surface area contributed by atoms with E-state index in [1.54, 1.807) is 26.4 Å². The van der Waals surface area contributed by atoms with Crippen molar-refractivity contribution in [3.8, 4) is 17.2 Å². The zero-order valence-corrected chi connectivity index (χ0v) is 21.4. The number of fused-ring (bicyclic) bond motifs is 1. The molecule has 3 aliphatic rings. The maximum atomic E-state index is 13.1. The number of ketones is 1. The van der Waals surface area contributed by atoms with E-state index < -0.39 is 14.1 Å². The molecule has 1 fully saturated rings. The van der Waals surface area contributed by atoms with Crippen molar-refractivity contribution in [2.24, 2.45) is 0 Å². The lowest BCUT2D eigenvalue weighted by molar-refractivity contribution is -0.256. The minimum absolute atomic E-state index is 0.0590. The van der Waals surface area contributed by atoms with Gasteiger partial charge >= 0.3 is 0 Å². The second-order valence-electron chi connectivity index (χ2n) is 10.8. The molecule has 7 heteroatoms. The molecule has 0 aromatic heterocycles. The number of ether oxygens (including phenoxy) is 4. The fourth-order valence-corrected chi connectivity index (χ4v) is 6.63. The summed E-state index contributed by atoms with van der Waals surface area (Å²) in [7, 11) is 1.19. The van der Waals surface area contributed by atoms with E-state index in [2.05, 4.69) is 40.4 Å². The van der Waals surface area contributed by atoms with Crippen molar-refractivity contribution in [3.05, 3.63) is 29.8 Å². The van der Waals surface area contributed by atoms with E-state index in [1.807, 2.05) is 0 Å². The van der Waals surface area contributed by atoms with Gasteiger partial charge in [-0.1, -0.05) is 33.4 Å². The van der Waals surface area contributed by atoms with Crippen molar-refractivity contribution in [1.82, 2.24) is 0 Å². The molecule has 176 valence electrons. The first-order valence-electron chi connectivity index (χ1n) is 11.4. The number of rotatable bonds is 7. The van der Waals surface area contributed by atoms with E-state index in [4.69, 9.17) is 23.4 Å². The van der Waals surface area contributed by atoms with Gasteiger partial charge in [0.2, 0.25) is 11.5 Å². The molecule has 1 heterocycles. The largest absolute Gasteiger partial charge is 0.490 e. The lowest BCUT2D eigenvalue weighted by Crippen LogP contribution is -2.63. The van der Waals surface area contributed by atoms with Gasteiger partial charge in [-0.25, -0.2) is 0 Å². The van der Waals surface area contributed by atoms with Crippen molar-refractivity contribution >= 4 is 14.1 Å². The molecule has 6 nitrogen and oxygen atoms in total. The molecule has 1 aliphatic heterocycles. The lowest BCUT2D eigenvalue weighted by Gasteiger charge is -2.55. The molecule has 0 radical (unpaired) electrons. The fraction of sp³-hybridized carbons (Fsp3) is 0.640. The van der Waals surface area contributed by atoms with Gasteiger partial charge in [0, 0.05) is 36.5 Å². The van der Waals surface area contributed by atoms with Crippen LogP contribution in [0.1, 0.15) is 62.4 Å². The van der Waals surface area contributed by atoms with Gasteiger partial charge in [-0.15, -0.1) is 0 Å². The molecular formula is C25H36O6Si. The van der Waals surface area contributed by atoms with Crippen LogP contribution in [0.5, 0.6) is 17.2 Å². The minimum atomic E-state index is -2.08. The summed E-state index contributed by atoms with van der Waals surface area (Å²) in [4.78, 5) is 13.1. The van der Waals surface area contributed by atoms with E-state index >= 15 is 0 Å². The predicted molar refractivity (Wildman–Crippen MR) is 126 cm³/mol. The van der Waals surface area contributed by atoms with E-state index in [0.717, 1.165) is 18.4 Å². The van der Waals surface area contributed by atoms with Gasteiger partial charge in [-0.2, -0.15) is 0 Å². The Kier molecular flexibility index (Phi) is 5.54. The number of hydrogen-bond acceptors (Lipinski definition) is 6. The van der Waals surface area contributed by atoms with Crippen LogP contribution in [-0.2, 0) is 14.6 Å². The van der Waals surface area contributed by atoms with E-state index in [9.17, 15) is 4.79 Å². The monoisotopic (exact) mass is 460 g/mol. The molecule has 32 heavy (non-hydrogen) atoms. The summed E-state index contributed by atoms with van der Waals surface area (Å²) in [5, 5.41) is 0.0590. The predicted octanol–water partition coefficient (Wildman–Crippen LogP) is 5.39. The maximum Gasteiger partial charge on any atom is 0.236 e. The van der Waals surface area contributed by atoms with Crippen LogP contribution in [-0.4, -0.2) is 46.8 Å². The summed E-state index contributed by atoms with van der Waals surface area (Å²) in [6, 6.07) is 1.81. The number of carbonyl (C=O) groups excluding carboxylic acids is 1. The van der Waals surface area contributed by atoms with Gasteiger partial charge in [0.1, 0.15) is 12.7 Å². The van der Waals surface area contributed by atoms with Crippen LogP contribution < -0.4 is 14.2 Å². The van der Waals surface area contributed by atoms with Crippen molar-refractivity contribution in [1.29, 1.82) is 0 Å². The Morgan fingerprint density at radius 1 is 1.31 bits per heavy atom. The molecule has 1 aromatic carbocycles. The molecule has 2 aliphatic carbocycles. The van der Waals surface area contributed by atoms with Crippen molar-refractivity contribution < 1.29 is 28.2 Å². The number of carbonyl (C=O) groups is 1. The fourth-order valence-electron chi connectivity index (χ4n) is 5.27. The van der Waals surface area contributed by atoms with Crippen LogP contribution in [0.25, 0.3) is 0 Å². The van der Waals surface area contributed by atoms with Gasteiger partial charge in [-0.3, -0.25) is 4.79 Å². The average molecular weight is 461 g/mol. The van der Waals surface area contributed by atoms with Crippen molar-refractivity contribution in [2.75, 3.05) is 20.8 Å². The topological polar surface area (TPSA) is 63.2 Å². The molecule has 1 aromatic rings. The van der Waals surface area contributed by atoms with Gasteiger partial charge in [-0.05, 0) is 37.0 Å². The van der Waals surface area contributed by atoms with Crippen LogP contribution >= 0.6 is 0 Å². The molecule has 0 saturated heterocycles. The SMILES string of the molecule is C=CCOc1cc2c3c(c1OC)OC1(OC)CC3(CCC1O[Si](C)(C)C(C)(C)C)CC2=O. The highest BCUT2D eigenvalue weighted by molar-refractivity contribution is 6.74. The molecule has 2 bridgehead atoms. The van der Waals surface area contributed by atoms with E-state index in [0.29, 0.717) is 42.3 Å². The average Bonchev–Trinajstić information content (AvgIpc) is 2.99. The highest BCUT2D eigenvalue weighted by Gasteiger charge is 2.63. The molecule has 0 N–H and O–H groups in total. The zero-order valence-electron chi connectivity index (χ0n) is 20.4. The van der Waals surface area contributed by atoms with Crippen LogP contribution in [0.3, 0.4) is 0 Å². The maximum absolute atomic E-state index is 13.1. The van der Waals surface area contributed by atoms with Crippen molar-refractivity contribution in [2.45, 2.75) is 81.9 Å². The second kappa shape index (κ2) is 7.60. The molecular weight excluding hydrogens is 424 g/mol. The van der Waals surface area contributed by atoms with Gasteiger partial charge in [0.05, 0.1) is 7.11 Å². The third kappa shape index (κ3) is 3.32. The summed E-state index contributed by atoms with van der Waals surface area (Å²) in [6.45, 7) is 15.2. The summed E-state index contributed by atoms with van der Waals surface area (Å²) < 4.78 is 31.3. The lowest BCUT2D eigenvalue weighted by atomic mass is 9.65. The van der Waals surface area contributed by atoms with E-state index in [-0.39, 0.29) is 22.3 Å². The summed E-state index contributed by atoms with van der Waals surface area (Å²) in [6.07, 6.45) is 4.11. The summed E-state index contributed by atoms with van der Waals surface area (Å²) >= 11 is 0. The highest BCUT2D eigenvalue weighted by Crippen LogP contribution is 2.63. The smallest absolute Gasteiger partial charge is 0.236 e. The molecule has 0 amide bonds. The first-order valence-corrected chi connectivity index (χ1v) is 14.3. The Morgan fingerprint density at radius 2 is 2.03 bits per heavy atom. The second-order valence-corrected chi connectivity index (χ2v) is 15.6. The number of methoxy groups -OCH3 is 2. The first-order chi connectivity index (χ1) is 14.9.